The Labute approximate surface area is 119 Å². The molecule has 1 aliphatic carbocycles. The van der Waals surface area contributed by atoms with Gasteiger partial charge in [-0.15, -0.1) is 11.3 Å². The molecule has 9 heteroatoms. The molecule has 1 aromatic heterocycles. The second-order valence-electron chi connectivity index (χ2n) is 4.66. The predicted molar refractivity (Wildman–Crippen MR) is 71.7 cm³/mol. The summed E-state index contributed by atoms with van der Waals surface area (Å²) in [5, 5.41) is 16.5. The van der Waals surface area contributed by atoms with Gasteiger partial charge in [0.25, 0.3) is 0 Å². The van der Waals surface area contributed by atoms with Crippen molar-refractivity contribution >= 4 is 33.2 Å². The van der Waals surface area contributed by atoms with E-state index in [9.17, 15) is 18.0 Å². The molecule has 1 saturated carbocycles. The molecule has 0 spiro atoms. The number of amides is 1. The highest BCUT2D eigenvalue weighted by Gasteiger charge is 2.56. The molecule has 1 fully saturated rings. The molecular formula is C11H14N2O5S2. The molecule has 0 aliphatic heterocycles. The summed E-state index contributed by atoms with van der Waals surface area (Å²) in [5.74, 6) is -1.57. The van der Waals surface area contributed by atoms with E-state index in [-0.39, 0.29) is 10.8 Å². The van der Waals surface area contributed by atoms with Crippen LogP contribution in [0.2, 0.25) is 0 Å². The molecule has 4 N–H and O–H groups in total. The number of carbonyl (C=O) groups is 2. The highest BCUT2D eigenvalue weighted by molar-refractivity contribution is 7.91. The predicted octanol–water partition coefficient (Wildman–Crippen LogP) is -0.0810. The van der Waals surface area contributed by atoms with Crippen LogP contribution in [0.15, 0.2) is 16.3 Å². The van der Waals surface area contributed by atoms with Crippen LogP contribution in [0.5, 0.6) is 0 Å². The number of aliphatic carboxylic acids is 1. The SMILES string of the molecule is NS(=O)(=O)c1ccc(CCNC(=O)C2(C(=O)O)CC2)s1. The van der Waals surface area contributed by atoms with Crippen LogP contribution in [0.1, 0.15) is 17.7 Å². The highest BCUT2D eigenvalue weighted by Crippen LogP contribution is 2.46. The first kappa shape index (κ1) is 14.9. The van der Waals surface area contributed by atoms with E-state index >= 15 is 0 Å². The first-order valence-electron chi connectivity index (χ1n) is 5.89. The molecule has 0 unspecified atom stereocenters. The van der Waals surface area contributed by atoms with Crippen LogP contribution in [0.4, 0.5) is 0 Å². The van der Waals surface area contributed by atoms with E-state index in [0.29, 0.717) is 19.3 Å². The molecule has 1 heterocycles. The molecule has 1 amide bonds. The molecule has 1 aromatic rings. The van der Waals surface area contributed by atoms with Gasteiger partial charge in [-0.1, -0.05) is 0 Å². The van der Waals surface area contributed by atoms with E-state index in [2.05, 4.69) is 5.32 Å². The van der Waals surface area contributed by atoms with E-state index in [1.165, 1.54) is 6.07 Å². The number of hydrogen-bond acceptors (Lipinski definition) is 5. The zero-order valence-corrected chi connectivity index (χ0v) is 12.1. The van der Waals surface area contributed by atoms with Crippen LogP contribution in [0, 0.1) is 5.41 Å². The van der Waals surface area contributed by atoms with E-state index in [1.807, 2.05) is 0 Å². The minimum atomic E-state index is -3.69. The summed E-state index contributed by atoms with van der Waals surface area (Å²) in [4.78, 5) is 23.4. The van der Waals surface area contributed by atoms with Gasteiger partial charge in [0.15, 0.2) is 0 Å². The fraction of sp³-hybridized carbons (Fsp3) is 0.455. The van der Waals surface area contributed by atoms with Crippen LogP contribution < -0.4 is 10.5 Å². The van der Waals surface area contributed by atoms with Gasteiger partial charge in [0.2, 0.25) is 15.9 Å². The average molecular weight is 318 g/mol. The Hall–Kier alpha value is -1.45. The number of carboxylic acids is 1. The topological polar surface area (TPSA) is 127 Å². The van der Waals surface area contributed by atoms with E-state index in [1.54, 1.807) is 6.07 Å². The summed E-state index contributed by atoms with van der Waals surface area (Å²) in [6.07, 6.45) is 1.16. The molecule has 2 rings (SSSR count). The normalized spacial score (nSPS) is 16.6. The summed E-state index contributed by atoms with van der Waals surface area (Å²) in [6.45, 7) is 0.262. The quantitative estimate of drug-likeness (QED) is 0.632. The number of nitrogens with two attached hydrogens (primary N) is 1. The number of hydrogen-bond donors (Lipinski definition) is 3. The Kier molecular flexibility index (Phi) is 3.85. The van der Waals surface area contributed by atoms with Gasteiger partial charge >= 0.3 is 5.97 Å². The van der Waals surface area contributed by atoms with E-state index in [4.69, 9.17) is 10.2 Å². The lowest BCUT2D eigenvalue weighted by Gasteiger charge is -2.09. The van der Waals surface area contributed by atoms with Crippen molar-refractivity contribution in [3.05, 3.63) is 17.0 Å². The van der Waals surface area contributed by atoms with Gasteiger partial charge in [0.05, 0.1) is 0 Å². The fourth-order valence-electron chi connectivity index (χ4n) is 1.78. The zero-order valence-electron chi connectivity index (χ0n) is 10.5. The Morgan fingerprint density at radius 2 is 2.05 bits per heavy atom. The lowest BCUT2D eigenvalue weighted by molar-refractivity contribution is -0.149. The molecule has 0 saturated heterocycles. The third-order valence-electron chi connectivity index (χ3n) is 3.17. The fourth-order valence-corrected chi connectivity index (χ4v) is 3.56. The van der Waals surface area contributed by atoms with Crippen molar-refractivity contribution in [3.63, 3.8) is 0 Å². The maximum absolute atomic E-state index is 11.7. The van der Waals surface area contributed by atoms with Crippen LogP contribution in [-0.4, -0.2) is 31.9 Å². The molecule has 7 nitrogen and oxygen atoms in total. The van der Waals surface area contributed by atoms with Crippen molar-refractivity contribution in [2.45, 2.75) is 23.5 Å². The standard InChI is InChI=1S/C11H14N2O5S2/c12-20(17,18)8-2-1-7(19-8)3-6-13-9(14)11(4-5-11)10(15)16/h1-2H,3-6H2,(H,13,14)(H,15,16)(H2,12,17,18). The van der Waals surface area contributed by atoms with Crippen molar-refractivity contribution in [2.24, 2.45) is 10.6 Å². The second kappa shape index (κ2) is 5.15. The van der Waals surface area contributed by atoms with Crippen molar-refractivity contribution < 1.29 is 23.1 Å². The highest BCUT2D eigenvalue weighted by atomic mass is 32.2. The molecule has 1 aliphatic rings. The van der Waals surface area contributed by atoms with Gasteiger partial charge in [-0.2, -0.15) is 0 Å². The van der Waals surface area contributed by atoms with Gasteiger partial charge in [0.1, 0.15) is 9.62 Å². The van der Waals surface area contributed by atoms with Crippen molar-refractivity contribution in [2.75, 3.05) is 6.54 Å². The number of primary sulfonamides is 1. The number of thiophene rings is 1. The lowest BCUT2D eigenvalue weighted by Crippen LogP contribution is -2.37. The van der Waals surface area contributed by atoms with Gasteiger partial charge in [-0.05, 0) is 31.4 Å². The monoisotopic (exact) mass is 318 g/mol. The molecule has 110 valence electrons. The third kappa shape index (κ3) is 3.00. The summed E-state index contributed by atoms with van der Waals surface area (Å²) in [5.41, 5.74) is -1.25. The first-order chi connectivity index (χ1) is 9.25. The van der Waals surface area contributed by atoms with E-state index < -0.39 is 27.3 Å². The molecule has 0 atom stereocenters. The van der Waals surface area contributed by atoms with Crippen molar-refractivity contribution in [3.8, 4) is 0 Å². The Bertz CT molecular complexity index is 646. The van der Waals surface area contributed by atoms with Gasteiger partial charge in [-0.3, -0.25) is 9.59 Å². The van der Waals surface area contributed by atoms with Crippen LogP contribution in [-0.2, 0) is 26.0 Å². The molecular weight excluding hydrogens is 304 g/mol. The van der Waals surface area contributed by atoms with Crippen LogP contribution in [0.25, 0.3) is 0 Å². The second-order valence-corrected chi connectivity index (χ2v) is 7.62. The number of rotatable bonds is 6. The molecule has 20 heavy (non-hydrogen) atoms. The first-order valence-corrected chi connectivity index (χ1v) is 8.25. The zero-order chi connectivity index (χ0) is 15.0. The summed E-state index contributed by atoms with van der Waals surface area (Å²) < 4.78 is 22.3. The van der Waals surface area contributed by atoms with Crippen molar-refractivity contribution in [1.82, 2.24) is 5.32 Å². The minimum Gasteiger partial charge on any atom is -0.480 e. The van der Waals surface area contributed by atoms with Gasteiger partial charge in [0, 0.05) is 11.4 Å². The lowest BCUT2D eigenvalue weighted by atomic mass is 10.1. The van der Waals surface area contributed by atoms with Crippen LogP contribution in [0.3, 0.4) is 0 Å². The summed E-state index contributed by atoms with van der Waals surface area (Å²) in [7, 11) is -3.69. The van der Waals surface area contributed by atoms with E-state index in [0.717, 1.165) is 16.2 Å². The van der Waals surface area contributed by atoms with Crippen LogP contribution >= 0.6 is 11.3 Å². The van der Waals surface area contributed by atoms with Gasteiger partial charge in [-0.25, -0.2) is 13.6 Å². The summed E-state index contributed by atoms with van der Waals surface area (Å²) in [6, 6.07) is 3.04. The van der Waals surface area contributed by atoms with Crippen molar-refractivity contribution in [1.29, 1.82) is 0 Å². The smallest absolute Gasteiger partial charge is 0.319 e. The maximum Gasteiger partial charge on any atom is 0.319 e. The largest absolute Gasteiger partial charge is 0.480 e. The minimum absolute atomic E-state index is 0.0722. The molecule has 0 bridgehead atoms. The number of carbonyl (C=O) groups excluding carboxylic acids is 1. The Morgan fingerprint density at radius 1 is 1.40 bits per heavy atom. The molecule has 0 aromatic carbocycles. The maximum atomic E-state index is 11.7. The average Bonchev–Trinajstić information content (AvgIpc) is 3.02. The Balaban J connectivity index is 1.86. The number of nitrogens with one attached hydrogen (secondary N) is 1. The summed E-state index contributed by atoms with van der Waals surface area (Å²) >= 11 is 1.04. The third-order valence-corrected chi connectivity index (χ3v) is 5.75. The van der Waals surface area contributed by atoms with Gasteiger partial charge < -0.3 is 10.4 Å². The number of carboxylic acid groups (broad SMARTS) is 1. The molecule has 0 radical (unpaired) electrons. The Morgan fingerprint density at radius 3 is 2.50 bits per heavy atom. The number of sulfonamides is 1.